The Labute approximate surface area is 125 Å². The number of amides is 2. The standard InChI is InChI=1S/C15H24N2O4/c1-15(2,14(20)21)16(3)12(18)11-5-4-8-17(9-11)13(19)10-6-7-10/h10-11H,4-9H2,1-3H3,(H,20,21). The number of carbonyl (C=O) groups excluding carboxylic acids is 2. The van der Waals surface area contributed by atoms with E-state index >= 15 is 0 Å². The van der Waals surface area contributed by atoms with E-state index in [9.17, 15) is 19.5 Å². The van der Waals surface area contributed by atoms with Gasteiger partial charge in [-0.15, -0.1) is 0 Å². The molecule has 0 radical (unpaired) electrons. The predicted octanol–water partition coefficient (Wildman–Crippen LogP) is 0.957. The molecule has 1 unspecified atom stereocenters. The Morgan fingerprint density at radius 3 is 2.29 bits per heavy atom. The Balaban J connectivity index is 2.01. The van der Waals surface area contributed by atoms with E-state index in [1.54, 1.807) is 4.90 Å². The molecule has 0 aromatic heterocycles. The Morgan fingerprint density at radius 2 is 1.76 bits per heavy atom. The van der Waals surface area contributed by atoms with Gasteiger partial charge >= 0.3 is 5.97 Å². The van der Waals surface area contributed by atoms with Crippen LogP contribution in [0.3, 0.4) is 0 Å². The zero-order chi connectivity index (χ0) is 15.8. The summed E-state index contributed by atoms with van der Waals surface area (Å²) in [5.41, 5.74) is -1.24. The molecule has 118 valence electrons. The Hall–Kier alpha value is -1.59. The summed E-state index contributed by atoms with van der Waals surface area (Å²) < 4.78 is 0. The lowest BCUT2D eigenvalue weighted by Gasteiger charge is -2.38. The van der Waals surface area contributed by atoms with Gasteiger partial charge in [-0.2, -0.15) is 0 Å². The molecule has 1 saturated heterocycles. The molecule has 1 atom stereocenters. The van der Waals surface area contributed by atoms with Crippen molar-refractivity contribution in [2.75, 3.05) is 20.1 Å². The first kappa shape index (κ1) is 15.8. The van der Waals surface area contributed by atoms with Crippen LogP contribution in [0.5, 0.6) is 0 Å². The van der Waals surface area contributed by atoms with Gasteiger partial charge in [0.2, 0.25) is 11.8 Å². The highest BCUT2D eigenvalue weighted by Crippen LogP contribution is 2.33. The third-order valence-corrected chi connectivity index (χ3v) is 4.70. The highest BCUT2D eigenvalue weighted by Gasteiger charge is 2.41. The molecule has 1 aliphatic heterocycles. The van der Waals surface area contributed by atoms with Crippen molar-refractivity contribution >= 4 is 17.8 Å². The van der Waals surface area contributed by atoms with E-state index in [-0.39, 0.29) is 23.7 Å². The second-order valence-electron chi connectivity index (χ2n) is 6.66. The monoisotopic (exact) mass is 296 g/mol. The first-order valence-corrected chi connectivity index (χ1v) is 7.55. The number of carboxylic acids is 1. The van der Waals surface area contributed by atoms with Crippen LogP contribution in [0.25, 0.3) is 0 Å². The first-order valence-electron chi connectivity index (χ1n) is 7.55. The van der Waals surface area contributed by atoms with Crippen molar-refractivity contribution < 1.29 is 19.5 Å². The maximum atomic E-state index is 12.5. The van der Waals surface area contributed by atoms with Gasteiger partial charge in [-0.3, -0.25) is 9.59 Å². The van der Waals surface area contributed by atoms with Gasteiger partial charge in [0.25, 0.3) is 0 Å². The van der Waals surface area contributed by atoms with Crippen LogP contribution in [0, 0.1) is 11.8 Å². The summed E-state index contributed by atoms with van der Waals surface area (Å²) in [5, 5.41) is 9.22. The average molecular weight is 296 g/mol. The van der Waals surface area contributed by atoms with Crippen LogP contribution in [0.15, 0.2) is 0 Å². The summed E-state index contributed by atoms with van der Waals surface area (Å²) in [7, 11) is 1.53. The van der Waals surface area contributed by atoms with E-state index < -0.39 is 11.5 Å². The van der Waals surface area contributed by atoms with Gasteiger partial charge in [0.1, 0.15) is 5.54 Å². The summed E-state index contributed by atoms with van der Waals surface area (Å²) in [5.74, 6) is -1.18. The zero-order valence-electron chi connectivity index (χ0n) is 13.0. The minimum Gasteiger partial charge on any atom is -0.480 e. The summed E-state index contributed by atoms with van der Waals surface area (Å²) >= 11 is 0. The third kappa shape index (κ3) is 3.19. The zero-order valence-corrected chi connectivity index (χ0v) is 13.0. The Kier molecular flexibility index (Phi) is 4.25. The molecule has 21 heavy (non-hydrogen) atoms. The first-order chi connectivity index (χ1) is 9.75. The van der Waals surface area contributed by atoms with Crippen molar-refractivity contribution in [2.24, 2.45) is 11.8 Å². The van der Waals surface area contributed by atoms with E-state index in [4.69, 9.17) is 0 Å². The van der Waals surface area contributed by atoms with Crippen molar-refractivity contribution in [3.63, 3.8) is 0 Å². The van der Waals surface area contributed by atoms with E-state index in [1.807, 2.05) is 0 Å². The molecule has 0 bridgehead atoms. The number of aliphatic carboxylic acids is 1. The van der Waals surface area contributed by atoms with E-state index in [0.29, 0.717) is 19.5 Å². The molecule has 1 aliphatic carbocycles. The minimum absolute atomic E-state index is 0.159. The summed E-state index contributed by atoms with van der Waals surface area (Å²) in [6.45, 7) is 4.17. The van der Waals surface area contributed by atoms with Gasteiger partial charge in [-0.1, -0.05) is 0 Å². The summed E-state index contributed by atoms with van der Waals surface area (Å²) in [6, 6.07) is 0. The number of likely N-dealkylation sites (tertiary alicyclic amines) is 1. The van der Waals surface area contributed by atoms with Crippen LogP contribution < -0.4 is 0 Å². The van der Waals surface area contributed by atoms with Crippen molar-refractivity contribution in [1.82, 2.24) is 9.80 Å². The number of hydrogen-bond acceptors (Lipinski definition) is 3. The number of carboxylic acid groups (broad SMARTS) is 1. The van der Waals surface area contributed by atoms with Gasteiger partial charge in [-0.05, 0) is 39.5 Å². The number of rotatable bonds is 4. The maximum absolute atomic E-state index is 12.5. The number of carbonyl (C=O) groups is 3. The molecule has 1 N–H and O–H groups in total. The van der Waals surface area contributed by atoms with Crippen LogP contribution in [-0.4, -0.2) is 58.4 Å². The smallest absolute Gasteiger partial charge is 0.329 e. The normalized spacial score (nSPS) is 22.8. The second-order valence-corrected chi connectivity index (χ2v) is 6.66. The minimum atomic E-state index is -1.24. The molecule has 6 nitrogen and oxygen atoms in total. The van der Waals surface area contributed by atoms with Gasteiger partial charge < -0.3 is 14.9 Å². The van der Waals surface area contributed by atoms with Gasteiger partial charge in [0.15, 0.2) is 0 Å². The predicted molar refractivity (Wildman–Crippen MR) is 76.5 cm³/mol. The third-order valence-electron chi connectivity index (χ3n) is 4.70. The lowest BCUT2D eigenvalue weighted by Crippen LogP contribution is -2.55. The largest absolute Gasteiger partial charge is 0.480 e. The number of hydrogen-bond donors (Lipinski definition) is 1. The highest BCUT2D eigenvalue weighted by atomic mass is 16.4. The molecule has 2 aliphatic rings. The van der Waals surface area contributed by atoms with Crippen molar-refractivity contribution in [3.05, 3.63) is 0 Å². The molecular weight excluding hydrogens is 272 g/mol. The van der Waals surface area contributed by atoms with Crippen LogP contribution >= 0.6 is 0 Å². The number of piperidine rings is 1. The van der Waals surface area contributed by atoms with Crippen molar-refractivity contribution in [3.8, 4) is 0 Å². The molecule has 0 aromatic rings. The van der Waals surface area contributed by atoms with Crippen LogP contribution in [0.2, 0.25) is 0 Å². The van der Waals surface area contributed by atoms with Crippen LogP contribution in [0.1, 0.15) is 39.5 Å². The summed E-state index contributed by atoms with van der Waals surface area (Å²) in [4.78, 5) is 39.0. The van der Waals surface area contributed by atoms with E-state index in [2.05, 4.69) is 0 Å². The van der Waals surface area contributed by atoms with E-state index in [1.165, 1.54) is 25.8 Å². The Morgan fingerprint density at radius 1 is 1.14 bits per heavy atom. The average Bonchev–Trinajstić information content (AvgIpc) is 3.29. The SMILES string of the molecule is CN(C(=O)C1CCCN(C(=O)C2CC2)C1)C(C)(C)C(=O)O. The second kappa shape index (κ2) is 5.66. The fraction of sp³-hybridized carbons (Fsp3) is 0.800. The lowest BCUT2D eigenvalue weighted by molar-refractivity contribution is -0.158. The molecule has 2 fully saturated rings. The van der Waals surface area contributed by atoms with Crippen molar-refractivity contribution in [1.29, 1.82) is 0 Å². The quantitative estimate of drug-likeness (QED) is 0.838. The van der Waals surface area contributed by atoms with Gasteiger partial charge in [0, 0.05) is 26.1 Å². The Bertz CT molecular complexity index is 457. The van der Waals surface area contributed by atoms with Gasteiger partial charge in [-0.25, -0.2) is 4.79 Å². The molecule has 1 saturated carbocycles. The lowest BCUT2D eigenvalue weighted by atomic mass is 9.93. The van der Waals surface area contributed by atoms with Crippen molar-refractivity contribution in [2.45, 2.75) is 45.1 Å². The van der Waals surface area contributed by atoms with Gasteiger partial charge in [0.05, 0.1) is 5.92 Å². The van der Waals surface area contributed by atoms with Crippen LogP contribution in [0.4, 0.5) is 0 Å². The summed E-state index contributed by atoms with van der Waals surface area (Å²) in [6.07, 6.45) is 3.43. The molecule has 2 amide bonds. The molecule has 1 heterocycles. The fourth-order valence-corrected chi connectivity index (χ4v) is 2.66. The van der Waals surface area contributed by atoms with E-state index in [0.717, 1.165) is 19.3 Å². The molecular formula is C15H24N2O4. The number of nitrogens with zero attached hydrogens (tertiary/aromatic N) is 2. The number of likely N-dealkylation sites (N-methyl/N-ethyl adjacent to an activating group) is 1. The highest BCUT2D eigenvalue weighted by molar-refractivity contribution is 5.88. The molecule has 0 spiro atoms. The van der Waals surface area contributed by atoms with Crippen LogP contribution in [-0.2, 0) is 14.4 Å². The maximum Gasteiger partial charge on any atom is 0.329 e. The fourth-order valence-electron chi connectivity index (χ4n) is 2.66. The molecule has 6 heteroatoms. The molecule has 0 aromatic carbocycles. The molecule has 2 rings (SSSR count). The topological polar surface area (TPSA) is 77.9 Å².